The van der Waals surface area contributed by atoms with Crippen molar-refractivity contribution in [1.29, 1.82) is 0 Å². The van der Waals surface area contributed by atoms with Crippen LogP contribution in [-0.2, 0) is 29.7 Å². The molecule has 38 heavy (non-hydrogen) atoms. The maximum atomic E-state index is 13.6. The molecule has 0 spiro atoms. The number of amides is 2. The number of aromatic nitrogens is 2. The highest BCUT2D eigenvalue weighted by atomic mass is 35.5. The first-order valence-corrected chi connectivity index (χ1v) is 12.6. The Bertz CT molecular complexity index is 1310. The van der Waals surface area contributed by atoms with Gasteiger partial charge in [0.1, 0.15) is 12.4 Å². The Kier molecular flexibility index (Phi) is 9.70. The standard InChI is InChI=1S/C27H36FN7O2.ClH/c1-6-29-9-10-34(17-27(37)33(5)35-15-20-7-8-22(28)12-21(20)16-35)26(36)14-30-24-13-23-19(3)31-32(4)25(23)11-18(24)2;/h7-8,11-13,29-30H,6,9-10,14-17H2,1-5H3;1H. The van der Waals surface area contributed by atoms with Gasteiger partial charge >= 0.3 is 0 Å². The van der Waals surface area contributed by atoms with E-state index in [9.17, 15) is 14.0 Å². The van der Waals surface area contributed by atoms with Gasteiger partial charge in [-0.2, -0.15) is 5.10 Å². The van der Waals surface area contributed by atoms with Gasteiger partial charge in [-0.3, -0.25) is 19.3 Å². The molecular weight excluding hydrogens is 509 g/mol. The summed E-state index contributed by atoms with van der Waals surface area (Å²) in [5.74, 6) is -0.633. The summed E-state index contributed by atoms with van der Waals surface area (Å²) >= 11 is 0. The topological polar surface area (TPSA) is 85.7 Å². The van der Waals surface area contributed by atoms with Crippen molar-refractivity contribution in [3.63, 3.8) is 0 Å². The fourth-order valence-corrected chi connectivity index (χ4v) is 4.72. The van der Waals surface area contributed by atoms with Crippen molar-refractivity contribution >= 4 is 40.8 Å². The van der Waals surface area contributed by atoms with E-state index in [1.807, 2.05) is 43.6 Å². The highest BCUT2D eigenvalue weighted by Gasteiger charge is 2.27. The quantitative estimate of drug-likeness (QED) is 0.381. The number of aryl methyl sites for hydroxylation is 3. The summed E-state index contributed by atoms with van der Waals surface area (Å²) in [6.07, 6.45) is 0. The maximum Gasteiger partial charge on any atom is 0.256 e. The summed E-state index contributed by atoms with van der Waals surface area (Å²) in [6.45, 7) is 8.76. The van der Waals surface area contributed by atoms with Crippen LogP contribution in [0.1, 0.15) is 29.3 Å². The van der Waals surface area contributed by atoms with Crippen LogP contribution in [0.2, 0.25) is 0 Å². The molecule has 0 fully saturated rings. The van der Waals surface area contributed by atoms with Crippen molar-refractivity contribution in [1.82, 2.24) is 30.0 Å². The number of hydrogen-bond acceptors (Lipinski definition) is 6. The molecule has 4 rings (SSSR count). The number of carbonyl (C=O) groups is 2. The van der Waals surface area contributed by atoms with Crippen LogP contribution in [0.4, 0.5) is 10.1 Å². The average Bonchev–Trinajstić information content (AvgIpc) is 3.40. The molecule has 2 amide bonds. The molecule has 1 aromatic heterocycles. The van der Waals surface area contributed by atoms with Gasteiger partial charge in [-0.25, -0.2) is 9.40 Å². The molecule has 0 unspecified atom stereocenters. The highest BCUT2D eigenvalue weighted by molar-refractivity contribution is 5.89. The number of nitrogens with zero attached hydrogens (tertiary/aromatic N) is 5. The smallest absolute Gasteiger partial charge is 0.256 e. The second kappa shape index (κ2) is 12.6. The number of likely N-dealkylation sites (N-methyl/N-ethyl adjacent to an activating group) is 2. The van der Waals surface area contributed by atoms with Gasteiger partial charge < -0.3 is 15.5 Å². The first kappa shape index (κ1) is 29.3. The molecule has 2 aromatic carbocycles. The van der Waals surface area contributed by atoms with Gasteiger partial charge in [0.15, 0.2) is 0 Å². The van der Waals surface area contributed by atoms with Gasteiger partial charge in [-0.05, 0) is 61.3 Å². The van der Waals surface area contributed by atoms with E-state index >= 15 is 0 Å². The minimum atomic E-state index is -0.282. The highest BCUT2D eigenvalue weighted by Crippen LogP contribution is 2.26. The van der Waals surface area contributed by atoms with Crippen LogP contribution < -0.4 is 10.6 Å². The first-order valence-electron chi connectivity index (χ1n) is 12.6. The second-order valence-electron chi connectivity index (χ2n) is 9.57. The van der Waals surface area contributed by atoms with Crippen LogP contribution in [-0.4, -0.2) is 76.3 Å². The molecule has 0 radical (unpaired) electrons. The Hall–Kier alpha value is -3.21. The predicted molar refractivity (Wildman–Crippen MR) is 149 cm³/mol. The fourth-order valence-electron chi connectivity index (χ4n) is 4.72. The van der Waals surface area contributed by atoms with Crippen molar-refractivity contribution in [2.45, 2.75) is 33.9 Å². The van der Waals surface area contributed by atoms with E-state index in [0.29, 0.717) is 26.2 Å². The van der Waals surface area contributed by atoms with E-state index in [4.69, 9.17) is 0 Å². The normalized spacial score (nSPS) is 12.8. The third-order valence-corrected chi connectivity index (χ3v) is 6.96. The zero-order chi connectivity index (χ0) is 26.7. The van der Waals surface area contributed by atoms with Gasteiger partial charge in [-0.15, -0.1) is 12.4 Å². The van der Waals surface area contributed by atoms with Crippen molar-refractivity contribution in [3.05, 3.63) is 58.5 Å². The zero-order valence-electron chi connectivity index (χ0n) is 22.7. The third-order valence-electron chi connectivity index (χ3n) is 6.96. The van der Waals surface area contributed by atoms with E-state index < -0.39 is 0 Å². The summed E-state index contributed by atoms with van der Waals surface area (Å²) in [5, 5.41) is 15.4. The summed E-state index contributed by atoms with van der Waals surface area (Å²) in [6, 6.07) is 8.79. The minimum absolute atomic E-state index is 0. The Morgan fingerprint density at radius 1 is 1.11 bits per heavy atom. The maximum absolute atomic E-state index is 13.6. The van der Waals surface area contributed by atoms with Crippen LogP contribution in [0.3, 0.4) is 0 Å². The van der Waals surface area contributed by atoms with E-state index in [1.54, 1.807) is 23.0 Å². The molecule has 0 saturated carbocycles. The number of rotatable bonds is 10. The molecule has 1 aliphatic heterocycles. The largest absolute Gasteiger partial charge is 0.376 e. The number of fused-ring (bicyclic) bond motifs is 2. The third kappa shape index (κ3) is 6.43. The van der Waals surface area contributed by atoms with Crippen LogP contribution in [0.5, 0.6) is 0 Å². The summed E-state index contributed by atoms with van der Waals surface area (Å²) in [5.41, 5.74) is 5.73. The number of halogens is 2. The van der Waals surface area contributed by atoms with E-state index in [-0.39, 0.29) is 43.1 Å². The number of carbonyl (C=O) groups excluding carboxylic acids is 2. The molecule has 0 aliphatic carbocycles. The number of hydrazine groups is 1. The van der Waals surface area contributed by atoms with E-state index in [2.05, 4.69) is 21.8 Å². The van der Waals surface area contributed by atoms with Crippen LogP contribution in [0.25, 0.3) is 10.9 Å². The second-order valence-corrected chi connectivity index (χ2v) is 9.57. The average molecular weight is 546 g/mol. The Labute approximate surface area is 229 Å². The number of hydrogen-bond donors (Lipinski definition) is 2. The molecule has 11 heteroatoms. The summed E-state index contributed by atoms with van der Waals surface area (Å²) in [7, 11) is 3.62. The predicted octanol–water partition coefficient (Wildman–Crippen LogP) is 2.99. The molecule has 0 saturated heterocycles. The lowest BCUT2D eigenvalue weighted by atomic mass is 10.1. The lowest BCUT2D eigenvalue weighted by molar-refractivity contribution is -0.151. The van der Waals surface area contributed by atoms with Gasteiger partial charge in [0.2, 0.25) is 5.91 Å². The molecule has 0 bridgehead atoms. The van der Waals surface area contributed by atoms with Gasteiger partial charge in [-0.1, -0.05) is 13.0 Å². The molecule has 0 atom stereocenters. The zero-order valence-corrected chi connectivity index (χ0v) is 23.5. The van der Waals surface area contributed by atoms with Crippen molar-refractivity contribution in [3.8, 4) is 0 Å². The fraction of sp³-hybridized carbons (Fsp3) is 0.444. The lowest BCUT2D eigenvalue weighted by Gasteiger charge is -2.31. The first-order chi connectivity index (χ1) is 17.7. The lowest BCUT2D eigenvalue weighted by Crippen LogP contribution is -2.49. The Morgan fingerprint density at radius 3 is 2.58 bits per heavy atom. The molecular formula is C27H37ClFN7O2. The van der Waals surface area contributed by atoms with Gasteiger partial charge in [0.05, 0.1) is 17.8 Å². The van der Waals surface area contributed by atoms with Crippen molar-refractivity contribution in [2.75, 3.05) is 45.1 Å². The molecule has 1 aliphatic rings. The van der Waals surface area contributed by atoms with Crippen molar-refractivity contribution < 1.29 is 14.0 Å². The van der Waals surface area contributed by atoms with Crippen molar-refractivity contribution in [2.24, 2.45) is 7.05 Å². The molecule has 3 aromatic rings. The Morgan fingerprint density at radius 2 is 1.84 bits per heavy atom. The van der Waals surface area contributed by atoms with Gasteiger partial charge in [0, 0.05) is 51.3 Å². The summed E-state index contributed by atoms with van der Waals surface area (Å²) < 4.78 is 15.5. The SMILES string of the molecule is CCNCCN(CC(=O)N(C)N1Cc2ccc(F)cc2C1)C(=O)CNc1cc2c(C)nn(C)c2cc1C.Cl. The van der Waals surface area contributed by atoms with E-state index in [0.717, 1.165) is 45.5 Å². The van der Waals surface area contributed by atoms with Crippen LogP contribution in [0.15, 0.2) is 30.3 Å². The molecule has 2 heterocycles. The minimum Gasteiger partial charge on any atom is -0.376 e. The number of anilines is 1. The van der Waals surface area contributed by atoms with Crippen LogP contribution in [0, 0.1) is 19.7 Å². The Balaban J connectivity index is 0.00000400. The molecule has 9 nitrogen and oxygen atoms in total. The van der Waals surface area contributed by atoms with E-state index in [1.165, 1.54) is 12.1 Å². The number of nitrogens with one attached hydrogen (secondary N) is 2. The van der Waals surface area contributed by atoms with Gasteiger partial charge in [0.25, 0.3) is 5.91 Å². The monoisotopic (exact) mass is 545 g/mol. The van der Waals surface area contributed by atoms with Crippen LogP contribution >= 0.6 is 12.4 Å². The molecule has 2 N–H and O–H groups in total. The molecule has 206 valence electrons. The number of benzene rings is 2. The summed E-state index contributed by atoms with van der Waals surface area (Å²) in [4.78, 5) is 28.0.